The molecule has 2 nitrogen and oxygen atoms in total. The van der Waals surface area contributed by atoms with Gasteiger partial charge in [-0.2, -0.15) is 0 Å². The van der Waals surface area contributed by atoms with Gasteiger partial charge in [-0.25, -0.2) is 0 Å². The van der Waals surface area contributed by atoms with Crippen molar-refractivity contribution in [3.63, 3.8) is 0 Å². The summed E-state index contributed by atoms with van der Waals surface area (Å²) < 4.78 is 5.38. The summed E-state index contributed by atoms with van der Waals surface area (Å²) in [4.78, 5) is 4.12. The van der Waals surface area contributed by atoms with E-state index in [0.29, 0.717) is 5.92 Å². The van der Waals surface area contributed by atoms with Crippen LogP contribution in [0.3, 0.4) is 0 Å². The van der Waals surface area contributed by atoms with Crippen molar-refractivity contribution in [1.29, 1.82) is 0 Å². The van der Waals surface area contributed by atoms with Crippen molar-refractivity contribution in [1.82, 2.24) is 4.98 Å². The Balaban J connectivity index is 2.71. The number of methoxy groups -OCH3 is 1. The maximum atomic E-state index is 5.38. The number of aromatic nitrogens is 1. The lowest BCUT2D eigenvalue weighted by Crippen LogP contribution is -1.92. The summed E-state index contributed by atoms with van der Waals surface area (Å²) in [6, 6.07) is 6.31. The number of fused-ring (bicyclic) bond motifs is 1. The van der Waals surface area contributed by atoms with E-state index in [4.69, 9.17) is 4.74 Å². The molecule has 0 amide bonds. The standard InChI is InChI=1S/C13H15NO/c1-9(2)11-6-10-4-5-14-8-12(10)13(7-11)15-3/h4-9H,1-3H3. The van der Waals surface area contributed by atoms with Gasteiger partial charge in [-0.1, -0.05) is 19.9 Å². The van der Waals surface area contributed by atoms with Crippen LogP contribution in [0.2, 0.25) is 0 Å². The first-order chi connectivity index (χ1) is 7.22. The Morgan fingerprint density at radius 2 is 2.07 bits per heavy atom. The van der Waals surface area contributed by atoms with Crippen LogP contribution in [0.4, 0.5) is 0 Å². The van der Waals surface area contributed by atoms with Gasteiger partial charge in [0, 0.05) is 17.8 Å². The second-order valence-corrected chi connectivity index (χ2v) is 3.97. The average Bonchev–Trinajstić information content (AvgIpc) is 2.27. The number of pyridine rings is 1. The summed E-state index contributed by atoms with van der Waals surface area (Å²) in [7, 11) is 1.70. The van der Waals surface area contributed by atoms with Gasteiger partial charge < -0.3 is 4.74 Å². The lowest BCUT2D eigenvalue weighted by atomic mass is 9.99. The Morgan fingerprint density at radius 1 is 1.27 bits per heavy atom. The zero-order valence-corrected chi connectivity index (χ0v) is 9.32. The Labute approximate surface area is 89.9 Å². The molecule has 1 heterocycles. The van der Waals surface area contributed by atoms with Crippen LogP contribution in [0.15, 0.2) is 30.6 Å². The van der Waals surface area contributed by atoms with Crippen molar-refractivity contribution in [2.75, 3.05) is 7.11 Å². The molecule has 0 aliphatic rings. The van der Waals surface area contributed by atoms with Gasteiger partial charge in [0.1, 0.15) is 5.75 Å². The van der Waals surface area contributed by atoms with Crippen molar-refractivity contribution < 1.29 is 4.74 Å². The number of hydrogen-bond acceptors (Lipinski definition) is 2. The van der Waals surface area contributed by atoms with Crippen molar-refractivity contribution in [2.45, 2.75) is 19.8 Å². The molecule has 15 heavy (non-hydrogen) atoms. The first kappa shape index (κ1) is 9.97. The minimum absolute atomic E-state index is 0.511. The molecule has 0 unspecified atom stereocenters. The molecule has 2 rings (SSSR count). The lowest BCUT2D eigenvalue weighted by Gasteiger charge is -2.11. The van der Waals surface area contributed by atoms with Gasteiger partial charge in [0.25, 0.3) is 0 Å². The van der Waals surface area contributed by atoms with E-state index in [-0.39, 0.29) is 0 Å². The van der Waals surface area contributed by atoms with Gasteiger partial charge in [0.15, 0.2) is 0 Å². The number of ether oxygens (including phenoxy) is 1. The Hall–Kier alpha value is -1.57. The van der Waals surface area contributed by atoms with Crippen molar-refractivity contribution in [3.8, 4) is 5.75 Å². The molecule has 1 aromatic heterocycles. The van der Waals surface area contributed by atoms with Crippen molar-refractivity contribution in [2.24, 2.45) is 0 Å². The van der Waals surface area contributed by atoms with Crippen molar-refractivity contribution in [3.05, 3.63) is 36.2 Å². The highest BCUT2D eigenvalue weighted by Gasteiger charge is 2.06. The fraction of sp³-hybridized carbons (Fsp3) is 0.308. The first-order valence-electron chi connectivity index (χ1n) is 5.14. The van der Waals surface area contributed by atoms with E-state index in [9.17, 15) is 0 Å². The third-order valence-corrected chi connectivity index (χ3v) is 2.63. The maximum Gasteiger partial charge on any atom is 0.128 e. The third kappa shape index (κ3) is 1.80. The van der Waals surface area contributed by atoms with Crippen molar-refractivity contribution >= 4 is 10.8 Å². The molecule has 0 radical (unpaired) electrons. The van der Waals surface area contributed by atoms with Crippen LogP contribution in [-0.2, 0) is 0 Å². The van der Waals surface area contributed by atoms with Crippen LogP contribution in [0.1, 0.15) is 25.3 Å². The Bertz CT molecular complexity index is 477. The lowest BCUT2D eigenvalue weighted by molar-refractivity contribution is 0.419. The zero-order chi connectivity index (χ0) is 10.8. The van der Waals surface area contributed by atoms with E-state index in [1.54, 1.807) is 7.11 Å². The first-order valence-corrected chi connectivity index (χ1v) is 5.14. The van der Waals surface area contributed by atoms with Crippen LogP contribution < -0.4 is 4.74 Å². The molecule has 2 aromatic rings. The normalized spacial score (nSPS) is 10.9. The third-order valence-electron chi connectivity index (χ3n) is 2.63. The summed E-state index contributed by atoms with van der Waals surface area (Å²) in [6.07, 6.45) is 3.66. The van der Waals surface area contributed by atoms with Gasteiger partial charge in [-0.3, -0.25) is 4.98 Å². The average molecular weight is 201 g/mol. The quantitative estimate of drug-likeness (QED) is 0.743. The number of hydrogen-bond donors (Lipinski definition) is 0. The summed E-state index contributed by atoms with van der Waals surface area (Å²) in [5.41, 5.74) is 1.30. The molecular formula is C13H15NO. The molecule has 0 saturated carbocycles. The molecule has 0 spiro atoms. The monoisotopic (exact) mass is 201 g/mol. The molecule has 0 aliphatic heterocycles. The molecule has 0 N–H and O–H groups in total. The fourth-order valence-electron chi connectivity index (χ4n) is 1.69. The topological polar surface area (TPSA) is 22.1 Å². The van der Waals surface area contributed by atoms with Crippen LogP contribution in [0, 0.1) is 0 Å². The molecule has 1 aromatic carbocycles. The molecule has 0 bridgehead atoms. The van der Waals surface area contributed by atoms with Gasteiger partial charge in [0.2, 0.25) is 0 Å². The highest BCUT2D eigenvalue weighted by molar-refractivity contribution is 5.88. The molecule has 0 aliphatic carbocycles. The molecule has 0 atom stereocenters. The molecule has 0 saturated heterocycles. The molecule has 0 fully saturated rings. The van der Waals surface area contributed by atoms with Crippen LogP contribution in [0.25, 0.3) is 10.8 Å². The fourth-order valence-corrected chi connectivity index (χ4v) is 1.69. The van der Waals surface area contributed by atoms with E-state index in [1.807, 2.05) is 18.5 Å². The predicted octanol–water partition coefficient (Wildman–Crippen LogP) is 3.37. The molecule has 2 heteroatoms. The number of nitrogens with zero attached hydrogens (tertiary/aromatic N) is 1. The van der Waals surface area contributed by atoms with E-state index < -0.39 is 0 Å². The highest BCUT2D eigenvalue weighted by atomic mass is 16.5. The Kier molecular flexibility index (Phi) is 2.58. The largest absolute Gasteiger partial charge is 0.496 e. The predicted molar refractivity (Wildman–Crippen MR) is 62.4 cm³/mol. The van der Waals surface area contributed by atoms with Gasteiger partial charge >= 0.3 is 0 Å². The molecular weight excluding hydrogens is 186 g/mol. The smallest absolute Gasteiger partial charge is 0.128 e. The van der Waals surface area contributed by atoms with E-state index >= 15 is 0 Å². The Morgan fingerprint density at radius 3 is 2.73 bits per heavy atom. The second-order valence-electron chi connectivity index (χ2n) is 3.97. The summed E-state index contributed by atoms with van der Waals surface area (Å²) >= 11 is 0. The van der Waals surface area contributed by atoms with Gasteiger partial charge in [-0.15, -0.1) is 0 Å². The molecule has 78 valence electrons. The maximum absolute atomic E-state index is 5.38. The minimum Gasteiger partial charge on any atom is -0.496 e. The van der Waals surface area contributed by atoms with E-state index in [0.717, 1.165) is 11.1 Å². The minimum atomic E-state index is 0.511. The van der Waals surface area contributed by atoms with E-state index in [2.05, 4.69) is 31.0 Å². The van der Waals surface area contributed by atoms with E-state index in [1.165, 1.54) is 10.9 Å². The van der Waals surface area contributed by atoms with Crippen LogP contribution in [-0.4, -0.2) is 12.1 Å². The number of rotatable bonds is 2. The SMILES string of the molecule is COc1cc(C(C)C)cc2ccncc12. The highest BCUT2D eigenvalue weighted by Crippen LogP contribution is 2.29. The van der Waals surface area contributed by atoms with Crippen LogP contribution in [0.5, 0.6) is 5.75 Å². The second kappa shape index (κ2) is 3.89. The number of benzene rings is 1. The zero-order valence-electron chi connectivity index (χ0n) is 9.32. The summed E-state index contributed by atoms with van der Waals surface area (Å²) in [5, 5.41) is 2.26. The van der Waals surface area contributed by atoms with Gasteiger partial charge in [0.05, 0.1) is 7.11 Å². The van der Waals surface area contributed by atoms with Crippen LogP contribution >= 0.6 is 0 Å². The summed E-state index contributed by atoms with van der Waals surface area (Å²) in [5.74, 6) is 1.42. The summed E-state index contributed by atoms with van der Waals surface area (Å²) in [6.45, 7) is 4.36. The van der Waals surface area contributed by atoms with Gasteiger partial charge in [-0.05, 0) is 29.0 Å².